The average molecular weight is 694 g/mol. The van der Waals surface area contributed by atoms with Gasteiger partial charge in [-0.1, -0.05) is 35.9 Å². The molecule has 0 unspecified atom stereocenters. The summed E-state index contributed by atoms with van der Waals surface area (Å²) in [6, 6.07) is 16.5. The summed E-state index contributed by atoms with van der Waals surface area (Å²) in [7, 11) is 0. The zero-order valence-corrected chi connectivity index (χ0v) is 26.4. The van der Waals surface area contributed by atoms with Gasteiger partial charge in [-0.3, -0.25) is 29.3 Å². The van der Waals surface area contributed by atoms with Crippen molar-refractivity contribution in [2.45, 2.75) is 28.5 Å². The third kappa shape index (κ3) is 4.42. The van der Waals surface area contributed by atoms with Crippen LogP contribution in [-0.2, 0) is 19.2 Å². The topological polar surface area (TPSA) is 147 Å². The molecule has 14 heteroatoms. The van der Waals surface area contributed by atoms with E-state index in [0.29, 0.717) is 11.1 Å². The number of fused-ring (bicyclic) bond motifs is 4. The van der Waals surface area contributed by atoms with Crippen molar-refractivity contribution in [3.05, 3.63) is 106 Å². The minimum absolute atomic E-state index is 0.0344. The Morgan fingerprint density at radius 2 is 1.65 bits per heavy atom. The van der Waals surface area contributed by atoms with E-state index in [1.807, 2.05) is 0 Å². The lowest BCUT2D eigenvalue weighted by Crippen LogP contribution is -2.60. The van der Waals surface area contributed by atoms with E-state index in [0.717, 1.165) is 28.0 Å². The molecule has 0 aromatic heterocycles. The normalized spacial score (nSPS) is 29.4. The number of ether oxygens (including phenoxy) is 1. The number of nitro groups is 1. The van der Waals surface area contributed by atoms with Crippen LogP contribution >= 0.6 is 23.2 Å². The van der Waals surface area contributed by atoms with E-state index in [9.17, 15) is 38.8 Å². The Morgan fingerprint density at radius 3 is 2.35 bits per heavy atom. The highest BCUT2D eigenvalue weighted by molar-refractivity contribution is 6.58. The predicted octanol–water partition coefficient (Wildman–Crippen LogP) is 4.87. The van der Waals surface area contributed by atoms with Gasteiger partial charge in [0, 0.05) is 23.6 Å². The lowest BCUT2D eigenvalue weighted by molar-refractivity contribution is -0.384. The first-order valence-electron chi connectivity index (χ1n) is 15.1. The molecule has 246 valence electrons. The van der Waals surface area contributed by atoms with Gasteiger partial charge in [0.2, 0.25) is 11.8 Å². The molecule has 0 radical (unpaired) electrons. The zero-order valence-electron chi connectivity index (χ0n) is 24.9. The largest absolute Gasteiger partial charge is 0.491 e. The summed E-state index contributed by atoms with van der Waals surface area (Å²) < 4.78 is 19.7. The molecule has 48 heavy (non-hydrogen) atoms. The maximum Gasteiger partial charge on any atom is 0.271 e. The van der Waals surface area contributed by atoms with Gasteiger partial charge in [0.25, 0.3) is 17.5 Å². The van der Waals surface area contributed by atoms with Crippen molar-refractivity contribution < 1.29 is 38.3 Å². The number of carbonyl (C=O) groups excluding carboxylic acids is 4. The van der Waals surface area contributed by atoms with Crippen molar-refractivity contribution in [2.75, 3.05) is 23.0 Å². The van der Waals surface area contributed by atoms with Gasteiger partial charge in [-0.05, 0) is 55.2 Å². The number of benzene rings is 3. The molecule has 4 amide bonds. The van der Waals surface area contributed by atoms with Crippen LogP contribution in [0.5, 0.6) is 5.75 Å². The molecule has 1 saturated carbocycles. The number of carbonyl (C=O) groups is 4. The molecule has 6 atom stereocenters. The van der Waals surface area contributed by atoms with Crippen LogP contribution in [0.4, 0.5) is 21.5 Å². The first-order valence-corrected chi connectivity index (χ1v) is 15.9. The van der Waals surface area contributed by atoms with Crippen LogP contribution in [0.3, 0.4) is 0 Å². The first-order chi connectivity index (χ1) is 22.9. The second-order valence-corrected chi connectivity index (χ2v) is 13.4. The van der Waals surface area contributed by atoms with Crippen LogP contribution < -0.4 is 14.5 Å². The maximum absolute atomic E-state index is 14.5. The van der Waals surface area contributed by atoms with Gasteiger partial charge in [-0.2, -0.15) is 0 Å². The van der Waals surface area contributed by atoms with Gasteiger partial charge < -0.3 is 9.84 Å². The summed E-state index contributed by atoms with van der Waals surface area (Å²) >= 11 is 14.8. The first kappa shape index (κ1) is 31.9. The fraction of sp³-hybridized carbons (Fsp3) is 0.294. The molecule has 7 rings (SSSR count). The lowest BCUT2D eigenvalue weighted by atomic mass is 9.56. The maximum atomic E-state index is 14.5. The van der Waals surface area contributed by atoms with E-state index in [1.54, 1.807) is 30.3 Å². The number of allylic oxidation sites excluding steroid dienone is 2. The summed E-state index contributed by atoms with van der Waals surface area (Å²) in [6.07, 6.45) is 1.53. The Kier molecular flexibility index (Phi) is 7.65. The standard InChI is InChI=1S/C34H26Cl2FN3O8/c35-33-17-25-22(12-13-24-27(25)30(43)38(29(24)42)20-4-3-5-21(16-20)40(46)47)28(23-6-1-2-7-26(23)48-15-14-41)34(33,36)32(45)39(31(33)44)19-10-8-18(37)9-11-19/h1-12,16,24-25,27-28,41H,13-15,17H2/t24-,25+,27-,28+,33+,34-/m0/s1. The van der Waals surface area contributed by atoms with E-state index < -0.39 is 67.8 Å². The fourth-order valence-corrected chi connectivity index (χ4v) is 8.68. The Balaban J connectivity index is 1.39. The van der Waals surface area contributed by atoms with Gasteiger partial charge in [-0.25, -0.2) is 14.2 Å². The number of nitro benzene ring substituents is 1. The van der Waals surface area contributed by atoms with Gasteiger partial charge in [0.15, 0.2) is 9.75 Å². The number of halogens is 3. The molecule has 3 aromatic rings. The second-order valence-electron chi connectivity index (χ2n) is 12.1. The molecular weight excluding hydrogens is 668 g/mol. The van der Waals surface area contributed by atoms with Crippen molar-refractivity contribution in [1.82, 2.24) is 0 Å². The van der Waals surface area contributed by atoms with E-state index in [1.165, 1.54) is 30.3 Å². The van der Waals surface area contributed by atoms with Gasteiger partial charge in [-0.15, -0.1) is 23.2 Å². The van der Waals surface area contributed by atoms with Crippen LogP contribution in [0.2, 0.25) is 0 Å². The van der Waals surface area contributed by atoms with Crippen molar-refractivity contribution in [3.8, 4) is 5.75 Å². The molecule has 2 saturated heterocycles. The molecule has 2 aliphatic heterocycles. The number of aliphatic hydroxyl groups is 1. The number of hydrogen-bond acceptors (Lipinski definition) is 8. The smallest absolute Gasteiger partial charge is 0.271 e. The van der Waals surface area contributed by atoms with Gasteiger partial charge in [0.05, 0.1) is 34.7 Å². The molecule has 4 aliphatic rings. The van der Waals surface area contributed by atoms with E-state index in [4.69, 9.17) is 27.9 Å². The number of para-hydroxylation sites is 1. The third-order valence-electron chi connectivity index (χ3n) is 9.77. The Bertz CT molecular complexity index is 1940. The van der Waals surface area contributed by atoms with E-state index in [-0.39, 0.29) is 48.9 Å². The average Bonchev–Trinajstić information content (AvgIpc) is 3.42. The molecule has 2 heterocycles. The highest BCUT2D eigenvalue weighted by Gasteiger charge is 2.77. The zero-order chi connectivity index (χ0) is 34.1. The summed E-state index contributed by atoms with van der Waals surface area (Å²) in [5.74, 6) is -7.18. The number of amides is 4. The fourth-order valence-electron chi connectivity index (χ4n) is 7.75. The monoisotopic (exact) mass is 693 g/mol. The van der Waals surface area contributed by atoms with Crippen LogP contribution in [-0.4, -0.2) is 56.6 Å². The molecule has 11 nitrogen and oxygen atoms in total. The quantitative estimate of drug-likeness (QED) is 0.121. The highest BCUT2D eigenvalue weighted by atomic mass is 35.5. The number of hydrogen-bond donors (Lipinski definition) is 1. The number of anilines is 2. The molecule has 0 bridgehead atoms. The molecule has 3 aromatic carbocycles. The molecule has 1 N–H and O–H groups in total. The Labute approximate surface area is 282 Å². The predicted molar refractivity (Wildman–Crippen MR) is 171 cm³/mol. The molecular formula is C34H26Cl2FN3O8. The molecule has 2 aliphatic carbocycles. The Hall–Kier alpha value is -4.65. The second kappa shape index (κ2) is 11.5. The highest BCUT2D eigenvalue weighted by Crippen LogP contribution is 2.66. The van der Waals surface area contributed by atoms with E-state index >= 15 is 0 Å². The summed E-state index contributed by atoms with van der Waals surface area (Å²) in [5, 5.41) is 21.0. The van der Waals surface area contributed by atoms with E-state index in [2.05, 4.69) is 0 Å². The minimum Gasteiger partial charge on any atom is -0.491 e. The number of aliphatic hydroxyl groups excluding tert-OH is 1. The summed E-state index contributed by atoms with van der Waals surface area (Å²) in [4.78, 5) is 65.3. The number of alkyl halides is 2. The number of rotatable bonds is 7. The van der Waals surface area contributed by atoms with Crippen molar-refractivity contribution >= 4 is 63.9 Å². The van der Waals surface area contributed by atoms with Crippen molar-refractivity contribution in [2.24, 2.45) is 17.8 Å². The van der Waals surface area contributed by atoms with Crippen LogP contribution in [0.15, 0.2) is 84.4 Å². The van der Waals surface area contributed by atoms with Crippen LogP contribution in [0, 0.1) is 33.7 Å². The van der Waals surface area contributed by atoms with Crippen molar-refractivity contribution in [1.29, 1.82) is 0 Å². The third-order valence-corrected chi connectivity index (χ3v) is 11.2. The van der Waals surface area contributed by atoms with Crippen LogP contribution in [0.1, 0.15) is 24.3 Å². The minimum atomic E-state index is -2.17. The van der Waals surface area contributed by atoms with Crippen LogP contribution in [0.25, 0.3) is 0 Å². The summed E-state index contributed by atoms with van der Waals surface area (Å²) in [5.41, 5.74) is 0.651. The molecule has 3 fully saturated rings. The molecule has 0 spiro atoms. The SMILES string of the molecule is O=C1[C@H]2[C@H](CC=C3[C@H]2C[C@@]2(Cl)C(=O)N(c4ccc(F)cc4)C(=O)[C@@]2(Cl)[C@H]3c2ccccc2OCCO)C(=O)N1c1cccc([N+](=O)[O-])c1. The number of nitrogens with zero attached hydrogens (tertiary/aromatic N) is 3. The summed E-state index contributed by atoms with van der Waals surface area (Å²) in [6.45, 7) is -0.419. The lowest BCUT2D eigenvalue weighted by Gasteiger charge is -2.50. The van der Waals surface area contributed by atoms with Crippen molar-refractivity contribution in [3.63, 3.8) is 0 Å². The Morgan fingerprint density at radius 1 is 0.917 bits per heavy atom. The van der Waals surface area contributed by atoms with Gasteiger partial charge in [0.1, 0.15) is 18.2 Å². The number of imide groups is 2. The number of non-ortho nitro benzene ring substituents is 1. The van der Waals surface area contributed by atoms with Gasteiger partial charge >= 0.3 is 0 Å².